The maximum Gasteiger partial charge on any atom is 0.238 e. The van der Waals surface area contributed by atoms with Crippen LogP contribution in [0.15, 0.2) is 28.8 Å². The number of benzene rings is 1. The van der Waals surface area contributed by atoms with Gasteiger partial charge in [-0.1, -0.05) is 16.8 Å². The first-order valence-corrected chi connectivity index (χ1v) is 8.67. The zero-order chi connectivity index (χ0) is 18.4. The molecule has 2 N–H and O–H groups in total. The number of nitrogens with one attached hydrogen (secondary N) is 2. The normalized spacial score (nSPS) is 11.4. The number of carbonyl (C=O) groups is 2. The van der Waals surface area contributed by atoms with E-state index in [1.165, 1.54) is 23.9 Å². The Labute approximate surface area is 153 Å². The van der Waals surface area contributed by atoms with Crippen molar-refractivity contribution in [1.82, 2.24) is 5.16 Å². The maximum atomic E-state index is 12.0. The first kappa shape index (κ1) is 18.8. The maximum absolute atomic E-state index is 12.0. The summed E-state index contributed by atoms with van der Waals surface area (Å²) in [6, 6.07) is 8.18. The van der Waals surface area contributed by atoms with E-state index in [1.54, 1.807) is 26.0 Å². The SMILES string of the molecule is Cc1cc(NC(=O)C(C)SCC(=O)Nc2ccc(C#N)c(Cl)c2)no1. The van der Waals surface area contributed by atoms with Crippen LogP contribution in [0.4, 0.5) is 11.5 Å². The molecular formula is C16H15ClN4O3S. The summed E-state index contributed by atoms with van der Waals surface area (Å²) in [7, 11) is 0. The van der Waals surface area contributed by atoms with Gasteiger partial charge in [-0.3, -0.25) is 9.59 Å². The van der Waals surface area contributed by atoms with Gasteiger partial charge in [-0.15, -0.1) is 11.8 Å². The molecule has 1 unspecified atom stereocenters. The first-order chi connectivity index (χ1) is 11.9. The predicted molar refractivity (Wildman–Crippen MR) is 96.6 cm³/mol. The van der Waals surface area contributed by atoms with Crippen LogP contribution in [0, 0.1) is 18.3 Å². The predicted octanol–water partition coefficient (Wildman–Crippen LogP) is 3.21. The molecule has 1 aromatic carbocycles. The van der Waals surface area contributed by atoms with Crippen molar-refractivity contribution in [2.45, 2.75) is 19.1 Å². The topological polar surface area (TPSA) is 108 Å². The van der Waals surface area contributed by atoms with Gasteiger partial charge in [0.05, 0.1) is 21.6 Å². The highest BCUT2D eigenvalue weighted by molar-refractivity contribution is 8.01. The van der Waals surface area contributed by atoms with Gasteiger partial charge in [-0.05, 0) is 32.0 Å². The number of anilines is 2. The molecule has 0 saturated heterocycles. The molecule has 0 aliphatic heterocycles. The third kappa shape index (κ3) is 5.52. The van der Waals surface area contributed by atoms with E-state index in [-0.39, 0.29) is 22.6 Å². The number of hydrogen-bond acceptors (Lipinski definition) is 6. The van der Waals surface area contributed by atoms with Crippen LogP contribution in [0.2, 0.25) is 5.02 Å². The Hall–Kier alpha value is -2.50. The molecule has 0 radical (unpaired) electrons. The van der Waals surface area contributed by atoms with Gasteiger partial charge in [-0.25, -0.2) is 0 Å². The molecule has 9 heteroatoms. The Kier molecular flexibility index (Phi) is 6.44. The van der Waals surface area contributed by atoms with E-state index in [4.69, 9.17) is 21.4 Å². The average Bonchev–Trinajstić information content (AvgIpc) is 2.97. The van der Waals surface area contributed by atoms with Crippen LogP contribution in [0.1, 0.15) is 18.2 Å². The molecule has 25 heavy (non-hydrogen) atoms. The fraction of sp³-hybridized carbons (Fsp3) is 0.250. The monoisotopic (exact) mass is 378 g/mol. The number of rotatable bonds is 6. The molecule has 1 atom stereocenters. The highest BCUT2D eigenvalue weighted by atomic mass is 35.5. The first-order valence-electron chi connectivity index (χ1n) is 7.24. The molecule has 0 fully saturated rings. The van der Waals surface area contributed by atoms with Crippen molar-refractivity contribution in [3.63, 3.8) is 0 Å². The number of hydrogen-bond donors (Lipinski definition) is 2. The summed E-state index contributed by atoms with van der Waals surface area (Å²) in [5, 5.41) is 17.6. The lowest BCUT2D eigenvalue weighted by atomic mass is 10.2. The summed E-state index contributed by atoms with van der Waals surface area (Å²) in [5.41, 5.74) is 0.826. The molecule has 0 aliphatic rings. The zero-order valence-electron chi connectivity index (χ0n) is 13.5. The van der Waals surface area contributed by atoms with Gasteiger partial charge in [0.25, 0.3) is 0 Å². The van der Waals surface area contributed by atoms with Crippen molar-refractivity contribution in [3.8, 4) is 6.07 Å². The van der Waals surface area contributed by atoms with Crippen molar-refractivity contribution in [2.24, 2.45) is 0 Å². The van der Waals surface area contributed by atoms with Crippen molar-refractivity contribution >= 4 is 46.7 Å². The van der Waals surface area contributed by atoms with Crippen molar-refractivity contribution < 1.29 is 14.1 Å². The quantitative estimate of drug-likeness (QED) is 0.799. The van der Waals surface area contributed by atoms with Gasteiger partial charge < -0.3 is 15.2 Å². The molecule has 0 bridgehead atoms. The van der Waals surface area contributed by atoms with Crippen molar-refractivity contribution in [2.75, 3.05) is 16.4 Å². The van der Waals surface area contributed by atoms with Gasteiger partial charge >= 0.3 is 0 Å². The van der Waals surface area contributed by atoms with Crippen LogP contribution in [-0.2, 0) is 9.59 Å². The third-order valence-corrected chi connectivity index (χ3v) is 4.54. The molecular weight excluding hydrogens is 364 g/mol. The summed E-state index contributed by atoms with van der Waals surface area (Å²) in [5.74, 6) is 0.474. The molecule has 7 nitrogen and oxygen atoms in total. The number of thioether (sulfide) groups is 1. The molecule has 2 rings (SSSR count). The van der Waals surface area contributed by atoms with Crippen molar-refractivity contribution in [3.05, 3.63) is 40.6 Å². The Balaban J connectivity index is 1.81. The van der Waals surface area contributed by atoms with Crippen LogP contribution < -0.4 is 10.6 Å². The lowest BCUT2D eigenvalue weighted by Crippen LogP contribution is -2.25. The van der Waals surface area contributed by atoms with Gasteiger partial charge in [0.15, 0.2) is 5.82 Å². The van der Waals surface area contributed by atoms with E-state index in [1.807, 2.05) is 6.07 Å². The van der Waals surface area contributed by atoms with Crippen molar-refractivity contribution in [1.29, 1.82) is 5.26 Å². The zero-order valence-corrected chi connectivity index (χ0v) is 15.1. The van der Waals surface area contributed by atoms with E-state index in [2.05, 4.69) is 15.8 Å². The van der Waals surface area contributed by atoms with E-state index in [0.29, 0.717) is 22.8 Å². The second kappa shape index (κ2) is 8.55. The molecule has 2 amide bonds. The highest BCUT2D eigenvalue weighted by Gasteiger charge is 2.17. The Morgan fingerprint density at radius 3 is 2.76 bits per heavy atom. The lowest BCUT2D eigenvalue weighted by molar-refractivity contribution is -0.115. The van der Waals surface area contributed by atoms with E-state index < -0.39 is 5.25 Å². The largest absolute Gasteiger partial charge is 0.360 e. The Bertz CT molecular complexity index is 831. The molecule has 0 spiro atoms. The number of nitrogens with zero attached hydrogens (tertiary/aromatic N) is 2. The molecule has 1 aromatic heterocycles. The van der Waals surface area contributed by atoms with Crippen LogP contribution in [0.25, 0.3) is 0 Å². The molecule has 1 heterocycles. The van der Waals surface area contributed by atoms with Crippen LogP contribution >= 0.6 is 23.4 Å². The number of nitriles is 1. The number of carbonyl (C=O) groups excluding carboxylic acids is 2. The summed E-state index contributed by atoms with van der Waals surface area (Å²) >= 11 is 7.10. The van der Waals surface area contributed by atoms with Gasteiger partial charge in [0.2, 0.25) is 11.8 Å². The number of aromatic nitrogens is 1. The highest BCUT2D eigenvalue weighted by Crippen LogP contribution is 2.21. The van der Waals surface area contributed by atoms with E-state index in [0.717, 1.165) is 0 Å². The number of amides is 2. The standard InChI is InChI=1S/C16H15ClN4O3S/c1-9-5-14(21-24-9)20-16(23)10(2)25-8-15(22)19-12-4-3-11(7-18)13(17)6-12/h3-6,10H,8H2,1-2H3,(H,19,22)(H,20,21,23). The summed E-state index contributed by atoms with van der Waals surface area (Å²) in [4.78, 5) is 24.0. The van der Waals surface area contributed by atoms with Gasteiger partial charge in [0.1, 0.15) is 11.8 Å². The molecule has 2 aromatic rings. The fourth-order valence-corrected chi connectivity index (χ4v) is 2.72. The minimum Gasteiger partial charge on any atom is -0.360 e. The smallest absolute Gasteiger partial charge is 0.238 e. The van der Waals surface area contributed by atoms with Gasteiger partial charge in [0, 0.05) is 11.8 Å². The van der Waals surface area contributed by atoms with Crippen LogP contribution in [0.5, 0.6) is 0 Å². The molecule has 0 aliphatic carbocycles. The minimum atomic E-state index is -0.452. The number of aryl methyl sites for hydroxylation is 1. The summed E-state index contributed by atoms with van der Waals surface area (Å²) < 4.78 is 4.87. The van der Waals surface area contributed by atoms with E-state index in [9.17, 15) is 9.59 Å². The second-order valence-corrected chi connectivity index (χ2v) is 6.86. The summed E-state index contributed by atoms with van der Waals surface area (Å²) in [6.07, 6.45) is 0. The summed E-state index contributed by atoms with van der Waals surface area (Å²) in [6.45, 7) is 3.42. The van der Waals surface area contributed by atoms with E-state index >= 15 is 0 Å². The van der Waals surface area contributed by atoms with Crippen LogP contribution in [0.3, 0.4) is 0 Å². The Morgan fingerprint density at radius 1 is 1.40 bits per heavy atom. The fourth-order valence-electron chi connectivity index (χ4n) is 1.81. The second-order valence-electron chi connectivity index (χ2n) is 5.12. The molecule has 0 saturated carbocycles. The van der Waals surface area contributed by atoms with Crippen LogP contribution in [-0.4, -0.2) is 28.0 Å². The average molecular weight is 379 g/mol. The minimum absolute atomic E-state index is 0.0874. The molecule has 130 valence electrons. The third-order valence-electron chi connectivity index (χ3n) is 3.09. The Morgan fingerprint density at radius 2 is 2.16 bits per heavy atom. The van der Waals surface area contributed by atoms with Gasteiger partial charge in [-0.2, -0.15) is 5.26 Å². The lowest BCUT2D eigenvalue weighted by Gasteiger charge is -2.11. The number of halogens is 1.